The third-order valence-corrected chi connectivity index (χ3v) is 12.6. The maximum Gasteiger partial charge on any atom is 0.363 e. The first-order valence-electron chi connectivity index (χ1n) is 15.1. The van der Waals surface area contributed by atoms with E-state index in [0.29, 0.717) is 50.3 Å². The van der Waals surface area contributed by atoms with E-state index in [-0.39, 0.29) is 20.2 Å². The molecule has 0 aliphatic rings. The number of benzene rings is 5. The van der Waals surface area contributed by atoms with Crippen molar-refractivity contribution in [3.8, 4) is 11.1 Å². The molecule has 0 atom stereocenters. The molecule has 1 heterocycles. The van der Waals surface area contributed by atoms with Crippen molar-refractivity contribution >= 4 is 74.9 Å². The van der Waals surface area contributed by atoms with E-state index in [1.54, 1.807) is 72.8 Å². The minimum atomic E-state index is -4.60. The van der Waals surface area contributed by atoms with Gasteiger partial charge in [0.15, 0.2) is 0 Å². The van der Waals surface area contributed by atoms with Gasteiger partial charge in [0.25, 0.3) is 10.1 Å². The molecule has 15 heteroatoms. The van der Waals surface area contributed by atoms with Gasteiger partial charge in [0, 0.05) is 62.1 Å². The Bertz CT molecular complexity index is 2450. The molecule has 1 aromatic heterocycles. The van der Waals surface area contributed by atoms with Gasteiger partial charge in [0.2, 0.25) is 20.0 Å². The Morgan fingerprint density at radius 1 is 0.540 bits per heavy atom. The summed E-state index contributed by atoms with van der Waals surface area (Å²) in [7, 11) is -5.95. The zero-order valence-corrected chi connectivity index (χ0v) is 29.8. The van der Waals surface area contributed by atoms with Crippen molar-refractivity contribution in [1.29, 1.82) is 0 Å². The van der Waals surface area contributed by atoms with Crippen molar-refractivity contribution < 1.29 is 34.2 Å². The molecule has 3 N–H and O–H groups in total. The highest BCUT2D eigenvalue weighted by atomic mass is 32.2. The Balaban J connectivity index is 1.45. The van der Waals surface area contributed by atoms with Gasteiger partial charge in [0.05, 0.1) is 32.7 Å². The Morgan fingerprint density at radius 3 is 1.34 bits per heavy atom. The molecule has 0 radical (unpaired) electrons. The first kappa shape index (κ1) is 34.9. The highest BCUT2D eigenvalue weighted by Gasteiger charge is 2.26. The molecule has 6 rings (SSSR count). The monoisotopic (exact) mass is 733 g/mol. The maximum absolute atomic E-state index is 12.5. The molecule has 0 unspecified atom stereocenters. The lowest BCUT2D eigenvalue weighted by Gasteiger charge is -2.13. The van der Waals surface area contributed by atoms with Crippen LogP contribution in [0.5, 0.6) is 0 Å². The van der Waals surface area contributed by atoms with E-state index in [2.05, 4.69) is 10.6 Å². The average molecular weight is 734 g/mol. The van der Waals surface area contributed by atoms with Crippen molar-refractivity contribution in [3.05, 3.63) is 109 Å². The highest BCUT2D eigenvalue weighted by Crippen LogP contribution is 2.41. The summed E-state index contributed by atoms with van der Waals surface area (Å²) in [5.74, 6) is 0. The van der Waals surface area contributed by atoms with Crippen LogP contribution in [-0.2, 0) is 30.2 Å². The molecule has 0 spiro atoms. The van der Waals surface area contributed by atoms with E-state index in [0.717, 1.165) is 8.61 Å². The maximum atomic E-state index is 12.5. The zero-order chi connectivity index (χ0) is 36.0. The Labute approximate surface area is 290 Å². The SMILES string of the molecule is CN(C)S(=O)(=O)c1ccc(Nc2ccc3c(-c4ccccc4S(=O)(=O)O)c4ccc(Nc5ccc(S(=O)(=O)N(C)C)cc5)cc4[o+]c3c2)cc1. The van der Waals surface area contributed by atoms with Gasteiger partial charge in [-0.25, -0.2) is 29.9 Å². The van der Waals surface area contributed by atoms with Gasteiger partial charge in [-0.2, -0.15) is 8.42 Å². The van der Waals surface area contributed by atoms with Crippen LogP contribution in [0.3, 0.4) is 0 Å². The van der Waals surface area contributed by atoms with Crippen molar-refractivity contribution in [2.24, 2.45) is 0 Å². The van der Waals surface area contributed by atoms with Crippen LogP contribution in [0.4, 0.5) is 22.7 Å². The molecule has 0 bridgehead atoms. The van der Waals surface area contributed by atoms with Crippen LogP contribution in [0.25, 0.3) is 33.1 Å². The number of nitrogens with zero attached hydrogens (tertiary/aromatic N) is 2. The summed E-state index contributed by atoms with van der Waals surface area (Å²) in [4.78, 5) is 0.0296. The second-order valence-electron chi connectivity index (χ2n) is 11.7. The van der Waals surface area contributed by atoms with Crippen LogP contribution < -0.4 is 10.6 Å². The largest absolute Gasteiger partial charge is 0.363 e. The van der Waals surface area contributed by atoms with Gasteiger partial charge in [-0.05, 0) is 78.9 Å². The van der Waals surface area contributed by atoms with E-state index in [1.807, 2.05) is 0 Å². The molecule has 0 fully saturated rings. The highest BCUT2D eigenvalue weighted by molar-refractivity contribution is 7.89. The summed E-state index contributed by atoms with van der Waals surface area (Å²) in [6.07, 6.45) is 0. The van der Waals surface area contributed by atoms with Gasteiger partial charge in [-0.1, -0.05) is 18.2 Å². The summed E-state index contributed by atoms with van der Waals surface area (Å²) in [5, 5.41) is 7.65. The molecule has 12 nitrogen and oxygen atoms in total. The summed E-state index contributed by atoms with van der Waals surface area (Å²) >= 11 is 0. The van der Waals surface area contributed by atoms with Crippen LogP contribution in [0.2, 0.25) is 0 Å². The van der Waals surface area contributed by atoms with Crippen molar-refractivity contribution in [1.82, 2.24) is 8.61 Å². The minimum Gasteiger partial charge on any atom is -0.355 e. The van der Waals surface area contributed by atoms with E-state index in [4.69, 9.17) is 4.42 Å². The van der Waals surface area contributed by atoms with E-state index >= 15 is 0 Å². The smallest absolute Gasteiger partial charge is 0.355 e. The Morgan fingerprint density at radius 2 is 0.940 bits per heavy atom. The first-order chi connectivity index (χ1) is 23.6. The van der Waals surface area contributed by atoms with Crippen molar-refractivity contribution in [2.75, 3.05) is 38.8 Å². The van der Waals surface area contributed by atoms with Crippen molar-refractivity contribution in [2.45, 2.75) is 14.7 Å². The third kappa shape index (κ3) is 6.79. The molecule has 0 amide bonds. The average Bonchev–Trinajstić information content (AvgIpc) is 3.07. The van der Waals surface area contributed by atoms with Gasteiger partial charge in [0.1, 0.15) is 4.90 Å². The summed E-state index contributed by atoms with van der Waals surface area (Å²) in [6, 6.07) is 29.3. The normalized spacial score (nSPS) is 12.5. The topological polar surface area (TPSA) is 164 Å². The molecule has 6 aromatic rings. The standard InChI is InChI=1S/C35H32N4O8S3/c1-38(2)48(40,41)27-15-9-23(10-16-27)36-25-13-19-29-32(21-25)47-33-22-26(37-24-11-17-28(18-12-24)49(42,43)39(3)4)14-20-30(33)35(29)31-7-5-6-8-34(31)50(44,45)46/h5-22,36-37H,1-4H3/p+1. The number of anilines is 4. The molecule has 50 heavy (non-hydrogen) atoms. The summed E-state index contributed by atoms with van der Waals surface area (Å²) < 4.78 is 93.8. The lowest BCUT2D eigenvalue weighted by molar-refractivity contribution is 0.483. The number of hydrogen-bond acceptors (Lipinski definition) is 8. The molecule has 0 saturated heterocycles. The fraction of sp³-hybridized carbons (Fsp3) is 0.114. The molecule has 0 aliphatic carbocycles. The predicted octanol–water partition coefficient (Wildman–Crippen LogP) is 6.77. The molecule has 5 aromatic carbocycles. The van der Waals surface area contributed by atoms with Crippen molar-refractivity contribution in [3.63, 3.8) is 0 Å². The quantitative estimate of drug-likeness (QED) is 0.0778. The van der Waals surface area contributed by atoms with Gasteiger partial charge >= 0.3 is 11.2 Å². The van der Waals surface area contributed by atoms with Crippen LogP contribution in [-0.4, -0.2) is 66.6 Å². The minimum absolute atomic E-state index is 0.147. The van der Waals surface area contributed by atoms with Crippen LogP contribution >= 0.6 is 0 Å². The summed E-state index contributed by atoms with van der Waals surface area (Å²) in [5.41, 5.74) is 4.04. The van der Waals surface area contributed by atoms with E-state index in [9.17, 15) is 29.8 Å². The van der Waals surface area contributed by atoms with Gasteiger partial charge in [-0.3, -0.25) is 4.55 Å². The molecular formula is C35H33N4O8S3+. The number of sulfonamides is 2. The van der Waals surface area contributed by atoms with Crippen LogP contribution in [0, 0.1) is 0 Å². The van der Waals surface area contributed by atoms with Gasteiger partial charge in [-0.15, -0.1) is 0 Å². The second-order valence-corrected chi connectivity index (χ2v) is 17.4. The lowest BCUT2D eigenvalue weighted by Crippen LogP contribution is -2.22. The Hall–Kier alpha value is -4.90. The first-order valence-corrected chi connectivity index (χ1v) is 19.4. The number of hydrogen-bond donors (Lipinski definition) is 3. The molecule has 0 aliphatic heterocycles. The number of fused-ring (bicyclic) bond motifs is 2. The molecular weight excluding hydrogens is 701 g/mol. The van der Waals surface area contributed by atoms with Crippen LogP contribution in [0.15, 0.2) is 128 Å². The molecule has 0 saturated carbocycles. The summed E-state index contributed by atoms with van der Waals surface area (Å²) in [6.45, 7) is 0. The second kappa shape index (κ2) is 13.1. The fourth-order valence-electron chi connectivity index (χ4n) is 5.41. The van der Waals surface area contributed by atoms with Crippen LogP contribution in [0.1, 0.15) is 0 Å². The predicted molar refractivity (Wildman–Crippen MR) is 195 cm³/mol. The Kier molecular flexibility index (Phi) is 9.15. The van der Waals surface area contributed by atoms with Gasteiger partial charge < -0.3 is 10.6 Å². The zero-order valence-electron chi connectivity index (χ0n) is 27.3. The number of rotatable bonds is 10. The third-order valence-electron chi connectivity index (χ3n) is 8.00. The van der Waals surface area contributed by atoms with E-state index in [1.165, 1.54) is 64.6 Å². The number of nitrogens with one attached hydrogen (secondary N) is 2. The van der Waals surface area contributed by atoms with E-state index < -0.39 is 30.2 Å². The molecule has 258 valence electrons. The fourth-order valence-corrected chi connectivity index (χ4v) is 7.91. The lowest BCUT2D eigenvalue weighted by atomic mass is 9.96.